The summed E-state index contributed by atoms with van der Waals surface area (Å²) >= 11 is 0. The zero-order valence-corrected chi connectivity index (χ0v) is 12.5. The fourth-order valence-electron chi connectivity index (χ4n) is 2.99. The Morgan fingerprint density at radius 3 is 2.91 bits per heavy atom. The minimum Gasteiger partial charge on any atom is -0.489 e. The molecular formula is C19H19NO2. The Morgan fingerprint density at radius 1 is 1.09 bits per heavy atom. The van der Waals surface area contributed by atoms with Gasteiger partial charge >= 0.3 is 0 Å². The molecule has 1 N–H and O–H groups in total. The first-order valence-corrected chi connectivity index (χ1v) is 7.82. The third-order valence-electron chi connectivity index (χ3n) is 4.16. The third kappa shape index (κ3) is 2.60. The molecule has 1 aliphatic heterocycles. The third-order valence-corrected chi connectivity index (χ3v) is 4.16. The summed E-state index contributed by atoms with van der Waals surface area (Å²) in [6, 6.07) is 16.4. The molecule has 0 radical (unpaired) electrons. The maximum absolute atomic E-state index is 6.04. The number of furan rings is 1. The second-order valence-electron chi connectivity index (χ2n) is 5.72. The standard InChI is InChI=1S/C19H19NO2/c1-2-5-14(6-3-1)13-21-15-8-9-16-17-12-20-10-4-7-18(17)22-19(16)11-15/h1-3,5-6,8-9,11,20H,4,7,10,12-13H2. The maximum atomic E-state index is 6.04. The molecular weight excluding hydrogens is 274 g/mol. The molecule has 2 heterocycles. The van der Waals surface area contributed by atoms with Gasteiger partial charge in [-0.3, -0.25) is 0 Å². The Balaban J connectivity index is 1.58. The fourth-order valence-corrected chi connectivity index (χ4v) is 2.99. The molecule has 0 atom stereocenters. The van der Waals surface area contributed by atoms with Crippen molar-refractivity contribution in [2.75, 3.05) is 6.54 Å². The van der Waals surface area contributed by atoms with E-state index in [1.807, 2.05) is 30.3 Å². The number of ether oxygens (including phenoxy) is 1. The molecule has 0 saturated carbocycles. The van der Waals surface area contributed by atoms with Gasteiger partial charge in [-0.25, -0.2) is 0 Å². The van der Waals surface area contributed by atoms with Crippen LogP contribution in [0.4, 0.5) is 0 Å². The SMILES string of the molecule is c1ccc(COc2ccc3c4c(oc3c2)CCCNC4)cc1. The molecule has 3 aromatic rings. The van der Waals surface area contributed by atoms with Crippen LogP contribution in [0.25, 0.3) is 11.0 Å². The first-order valence-electron chi connectivity index (χ1n) is 7.82. The van der Waals surface area contributed by atoms with Crippen LogP contribution in [-0.2, 0) is 19.6 Å². The summed E-state index contributed by atoms with van der Waals surface area (Å²) in [7, 11) is 0. The Hall–Kier alpha value is -2.26. The second-order valence-corrected chi connectivity index (χ2v) is 5.72. The highest BCUT2D eigenvalue weighted by atomic mass is 16.5. The van der Waals surface area contributed by atoms with Crippen LogP contribution in [0.15, 0.2) is 52.9 Å². The van der Waals surface area contributed by atoms with Crippen LogP contribution in [0.1, 0.15) is 23.3 Å². The summed E-state index contributed by atoms with van der Waals surface area (Å²) in [4.78, 5) is 0. The number of benzene rings is 2. The number of fused-ring (bicyclic) bond motifs is 3. The zero-order valence-electron chi connectivity index (χ0n) is 12.5. The second kappa shape index (κ2) is 5.85. The summed E-state index contributed by atoms with van der Waals surface area (Å²) in [5, 5.41) is 4.66. The lowest BCUT2D eigenvalue weighted by molar-refractivity contribution is 0.306. The van der Waals surface area contributed by atoms with Crippen molar-refractivity contribution in [2.24, 2.45) is 0 Å². The molecule has 0 aliphatic carbocycles. The first kappa shape index (κ1) is 13.4. The van der Waals surface area contributed by atoms with Gasteiger partial charge in [0.05, 0.1) is 0 Å². The predicted octanol–water partition coefficient (Wildman–Crippen LogP) is 4.05. The van der Waals surface area contributed by atoms with E-state index in [9.17, 15) is 0 Å². The molecule has 0 saturated heterocycles. The van der Waals surface area contributed by atoms with E-state index in [0.717, 1.165) is 43.0 Å². The van der Waals surface area contributed by atoms with Gasteiger partial charge < -0.3 is 14.5 Å². The normalized spacial score (nSPS) is 14.5. The van der Waals surface area contributed by atoms with Crippen LogP contribution in [0.2, 0.25) is 0 Å². The van der Waals surface area contributed by atoms with Crippen molar-refractivity contribution in [1.82, 2.24) is 5.32 Å². The quantitative estimate of drug-likeness (QED) is 0.791. The van der Waals surface area contributed by atoms with Crippen LogP contribution < -0.4 is 10.1 Å². The van der Waals surface area contributed by atoms with Gasteiger partial charge in [0.25, 0.3) is 0 Å². The fraction of sp³-hybridized carbons (Fsp3) is 0.263. The van der Waals surface area contributed by atoms with Crippen LogP contribution in [0, 0.1) is 0 Å². The lowest BCUT2D eigenvalue weighted by Gasteiger charge is -2.06. The molecule has 0 unspecified atom stereocenters. The van der Waals surface area contributed by atoms with Crippen molar-refractivity contribution >= 4 is 11.0 Å². The molecule has 3 heteroatoms. The maximum Gasteiger partial charge on any atom is 0.138 e. The van der Waals surface area contributed by atoms with Crippen molar-refractivity contribution < 1.29 is 9.15 Å². The summed E-state index contributed by atoms with van der Waals surface area (Å²) in [5.74, 6) is 1.98. The minimum absolute atomic E-state index is 0.578. The molecule has 0 spiro atoms. The number of rotatable bonds is 3. The zero-order chi connectivity index (χ0) is 14.8. The molecule has 1 aliphatic rings. The van der Waals surface area contributed by atoms with Crippen LogP contribution in [0.5, 0.6) is 5.75 Å². The molecule has 1 aromatic heterocycles. The highest BCUT2D eigenvalue weighted by Crippen LogP contribution is 2.31. The summed E-state index contributed by atoms with van der Waals surface area (Å²) in [6.07, 6.45) is 2.14. The predicted molar refractivity (Wildman–Crippen MR) is 87.0 cm³/mol. The average Bonchev–Trinajstić information content (AvgIpc) is 2.74. The molecule has 0 amide bonds. The average molecular weight is 293 g/mol. The van der Waals surface area contributed by atoms with Gasteiger partial charge in [0.15, 0.2) is 0 Å². The Labute approximate surface area is 129 Å². The molecule has 112 valence electrons. The van der Waals surface area contributed by atoms with E-state index in [0.29, 0.717) is 6.61 Å². The summed E-state index contributed by atoms with van der Waals surface area (Å²) in [5.41, 5.74) is 3.41. The molecule has 3 nitrogen and oxygen atoms in total. The van der Waals surface area contributed by atoms with E-state index < -0.39 is 0 Å². The Kier molecular flexibility index (Phi) is 3.57. The van der Waals surface area contributed by atoms with Crippen molar-refractivity contribution in [3.63, 3.8) is 0 Å². The monoisotopic (exact) mass is 293 g/mol. The smallest absolute Gasteiger partial charge is 0.138 e. The topological polar surface area (TPSA) is 34.4 Å². The first-order chi connectivity index (χ1) is 10.9. The lowest BCUT2D eigenvalue weighted by Crippen LogP contribution is -2.11. The number of hydrogen-bond acceptors (Lipinski definition) is 3. The molecule has 2 aromatic carbocycles. The highest BCUT2D eigenvalue weighted by Gasteiger charge is 2.16. The van der Waals surface area contributed by atoms with E-state index in [-0.39, 0.29) is 0 Å². The van der Waals surface area contributed by atoms with E-state index in [4.69, 9.17) is 9.15 Å². The van der Waals surface area contributed by atoms with Crippen molar-refractivity contribution in [3.05, 3.63) is 65.4 Å². The van der Waals surface area contributed by atoms with Gasteiger partial charge in [0.1, 0.15) is 23.7 Å². The van der Waals surface area contributed by atoms with Crippen LogP contribution >= 0.6 is 0 Å². The van der Waals surface area contributed by atoms with Gasteiger partial charge in [-0.1, -0.05) is 30.3 Å². The molecule has 22 heavy (non-hydrogen) atoms. The molecule has 4 rings (SSSR count). The molecule has 0 bridgehead atoms. The van der Waals surface area contributed by atoms with Gasteiger partial charge in [0, 0.05) is 30.0 Å². The number of hydrogen-bond donors (Lipinski definition) is 1. The van der Waals surface area contributed by atoms with E-state index >= 15 is 0 Å². The van der Waals surface area contributed by atoms with Gasteiger partial charge in [-0.2, -0.15) is 0 Å². The van der Waals surface area contributed by atoms with Crippen LogP contribution in [0.3, 0.4) is 0 Å². The van der Waals surface area contributed by atoms with Gasteiger partial charge in [-0.15, -0.1) is 0 Å². The van der Waals surface area contributed by atoms with E-state index in [2.05, 4.69) is 23.5 Å². The Bertz CT molecular complexity index is 777. The number of aryl methyl sites for hydroxylation is 1. The summed E-state index contributed by atoms with van der Waals surface area (Å²) < 4.78 is 11.9. The van der Waals surface area contributed by atoms with Crippen molar-refractivity contribution in [1.29, 1.82) is 0 Å². The molecule has 0 fully saturated rings. The van der Waals surface area contributed by atoms with Crippen LogP contribution in [-0.4, -0.2) is 6.54 Å². The highest BCUT2D eigenvalue weighted by molar-refractivity contribution is 5.83. The van der Waals surface area contributed by atoms with Crippen molar-refractivity contribution in [3.8, 4) is 5.75 Å². The van der Waals surface area contributed by atoms with Gasteiger partial charge in [-0.05, 0) is 30.7 Å². The minimum atomic E-state index is 0.578. The largest absolute Gasteiger partial charge is 0.489 e. The number of nitrogens with one attached hydrogen (secondary N) is 1. The Morgan fingerprint density at radius 2 is 2.00 bits per heavy atom. The lowest BCUT2D eigenvalue weighted by atomic mass is 10.1. The van der Waals surface area contributed by atoms with E-state index in [1.54, 1.807) is 0 Å². The van der Waals surface area contributed by atoms with Gasteiger partial charge in [0.2, 0.25) is 0 Å². The van der Waals surface area contributed by atoms with Crippen molar-refractivity contribution in [2.45, 2.75) is 26.0 Å². The van der Waals surface area contributed by atoms with E-state index in [1.165, 1.54) is 16.5 Å². The summed E-state index contributed by atoms with van der Waals surface area (Å²) in [6.45, 7) is 2.53.